The molecule has 1 aromatic carbocycles. The zero-order valence-electron chi connectivity index (χ0n) is 15.6. The molecule has 1 saturated heterocycles. The van der Waals surface area contributed by atoms with Crippen molar-refractivity contribution < 1.29 is 18.4 Å². The van der Waals surface area contributed by atoms with E-state index in [1.165, 1.54) is 17.4 Å². The predicted octanol–water partition coefficient (Wildman–Crippen LogP) is 2.76. The zero-order chi connectivity index (χ0) is 19.1. The smallest absolute Gasteiger partial charge is 0.239 e. The Morgan fingerprint density at radius 2 is 1.79 bits per heavy atom. The van der Waals surface area contributed by atoms with Crippen LogP contribution in [0.2, 0.25) is 0 Å². The summed E-state index contributed by atoms with van der Waals surface area (Å²) in [6.45, 7) is 0.324. The van der Waals surface area contributed by atoms with Gasteiger partial charge in [0, 0.05) is 30.4 Å². The number of anilines is 1. The first kappa shape index (κ1) is 21.0. The van der Waals surface area contributed by atoms with Crippen LogP contribution in [-0.4, -0.2) is 30.4 Å². The Morgan fingerprint density at radius 3 is 2.43 bits per heavy atom. The summed E-state index contributed by atoms with van der Waals surface area (Å²) in [7, 11) is 0. The summed E-state index contributed by atoms with van der Waals surface area (Å²) in [5.74, 6) is -2.56. The summed E-state index contributed by atoms with van der Waals surface area (Å²) in [6.07, 6.45) is 5.51. The molecular formula is C20H26ClF2N3O2. The fourth-order valence-corrected chi connectivity index (χ4v) is 5.12. The molecule has 0 spiro atoms. The Kier molecular flexibility index (Phi) is 6.25. The number of carbonyl (C=O) groups excluding carboxylic acids is 2. The fraction of sp³-hybridized carbons (Fsp3) is 0.600. The molecule has 2 aliphatic carbocycles. The second-order valence-electron chi connectivity index (χ2n) is 8.15. The number of hydrogen-bond donors (Lipinski definition) is 2. The molecule has 0 radical (unpaired) electrons. The molecular weight excluding hydrogens is 388 g/mol. The molecule has 2 amide bonds. The minimum atomic E-state index is -1.00. The van der Waals surface area contributed by atoms with Crippen molar-refractivity contribution in [2.45, 2.75) is 50.6 Å². The third-order valence-electron chi connectivity index (χ3n) is 6.42. The van der Waals surface area contributed by atoms with E-state index in [1.54, 1.807) is 0 Å². The van der Waals surface area contributed by atoms with E-state index in [1.807, 2.05) is 0 Å². The van der Waals surface area contributed by atoms with Crippen molar-refractivity contribution in [2.24, 2.45) is 23.5 Å². The first-order chi connectivity index (χ1) is 12.9. The quantitative estimate of drug-likeness (QED) is 0.748. The molecule has 1 heterocycles. The van der Waals surface area contributed by atoms with Gasteiger partial charge < -0.3 is 16.0 Å². The van der Waals surface area contributed by atoms with Gasteiger partial charge in [0.2, 0.25) is 11.8 Å². The first-order valence-corrected chi connectivity index (χ1v) is 9.76. The number of rotatable bonds is 3. The molecule has 0 aromatic heterocycles. The minimum Gasteiger partial charge on any atom is -0.352 e. The summed E-state index contributed by atoms with van der Waals surface area (Å²) in [4.78, 5) is 26.9. The van der Waals surface area contributed by atoms with Crippen LogP contribution in [0.25, 0.3) is 0 Å². The predicted molar refractivity (Wildman–Crippen MR) is 104 cm³/mol. The molecule has 28 heavy (non-hydrogen) atoms. The van der Waals surface area contributed by atoms with Gasteiger partial charge in [-0.1, -0.05) is 6.42 Å². The van der Waals surface area contributed by atoms with Gasteiger partial charge in [-0.15, -0.1) is 12.4 Å². The van der Waals surface area contributed by atoms with Crippen LogP contribution in [-0.2, 0) is 9.59 Å². The van der Waals surface area contributed by atoms with Gasteiger partial charge in [-0.3, -0.25) is 9.59 Å². The highest BCUT2D eigenvalue weighted by molar-refractivity contribution is 6.09. The number of benzene rings is 1. The van der Waals surface area contributed by atoms with Crippen molar-refractivity contribution in [2.75, 3.05) is 11.4 Å². The van der Waals surface area contributed by atoms with Crippen LogP contribution < -0.4 is 16.0 Å². The SMILES string of the molecule is Cl.NC1CC2CCCC(C1)C2NC(=O)C1CCN(c2ccc(F)c(F)c2)C1=O. The molecule has 2 saturated carbocycles. The Morgan fingerprint density at radius 1 is 1.11 bits per heavy atom. The number of hydrogen-bond acceptors (Lipinski definition) is 3. The van der Waals surface area contributed by atoms with Crippen molar-refractivity contribution in [1.29, 1.82) is 0 Å². The maximum atomic E-state index is 13.5. The van der Waals surface area contributed by atoms with Crippen LogP contribution in [0.5, 0.6) is 0 Å². The van der Waals surface area contributed by atoms with Crippen LogP contribution >= 0.6 is 12.4 Å². The molecule has 3 atom stereocenters. The molecule has 3 aliphatic rings. The van der Waals surface area contributed by atoms with Crippen LogP contribution in [0.4, 0.5) is 14.5 Å². The van der Waals surface area contributed by atoms with Gasteiger partial charge in [-0.2, -0.15) is 0 Å². The van der Waals surface area contributed by atoms with Gasteiger partial charge in [0.05, 0.1) is 0 Å². The Balaban J connectivity index is 0.00000225. The van der Waals surface area contributed by atoms with Crippen molar-refractivity contribution in [1.82, 2.24) is 5.32 Å². The van der Waals surface area contributed by atoms with Crippen LogP contribution in [0.3, 0.4) is 0 Å². The molecule has 154 valence electrons. The Hall–Kier alpha value is -1.73. The van der Waals surface area contributed by atoms with Crippen LogP contribution in [0.1, 0.15) is 38.5 Å². The van der Waals surface area contributed by atoms with E-state index in [0.717, 1.165) is 37.8 Å². The Labute approximate surface area is 169 Å². The van der Waals surface area contributed by atoms with E-state index in [0.29, 0.717) is 24.8 Å². The van der Waals surface area contributed by atoms with E-state index in [-0.39, 0.29) is 42.0 Å². The second-order valence-corrected chi connectivity index (χ2v) is 8.15. The lowest BCUT2D eigenvalue weighted by molar-refractivity contribution is -0.133. The molecule has 2 bridgehead atoms. The largest absolute Gasteiger partial charge is 0.352 e. The molecule has 1 aliphatic heterocycles. The number of nitrogens with one attached hydrogen (secondary N) is 1. The van der Waals surface area contributed by atoms with E-state index in [4.69, 9.17) is 5.73 Å². The average Bonchev–Trinajstić information content (AvgIpc) is 3.00. The summed E-state index contributed by atoms with van der Waals surface area (Å²) in [5, 5.41) is 3.13. The van der Waals surface area contributed by atoms with Gasteiger partial charge >= 0.3 is 0 Å². The number of halogens is 3. The van der Waals surface area contributed by atoms with Crippen molar-refractivity contribution in [3.63, 3.8) is 0 Å². The lowest BCUT2D eigenvalue weighted by Gasteiger charge is -2.45. The van der Waals surface area contributed by atoms with Gasteiger partial charge in [0.25, 0.3) is 0 Å². The van der Waals surface area contributed by atoms with Crippen LogP contribution in [0, 0.1) is 29.4 Å². The number of nitrogens with zero attached hydrogens (tertiary/aromatic N) is 1. The molecule has 3 unspecified atom stereocenters. The van der Waals surface area contributed by atoms with Gasteiger partial charge in [0.1, 0.15) is 5.92 Å². The van der Waals surface area contributed by atoms with E-state index in [9.17, 15) is 18.4 Å². The topological polar surface area (TPSA) is 75.4 Å². The summed E-state index contributed by atoms with van der Waals surface area (Å²) in [5.41, 5.74) is 6.42. The highest BCUT2D eigenvalue weighted by atomic mass is 35.5. The average molecular weight is 414 g/mol. The third-order valence-corrected chi connectivity index (χ3v) is 6.42. The molecule has 5 nitrogen and oxygen atoms in total. The minimum absolute atomic E-state index is 0. The maximum Gasteiger partial charge on any atom is 0.239 e. The molecule has 8 heteroatoms. The van der Waals surface area contributed by atoms with Gasteiger partial charge in [-0.25, -0.2) is 8.78 Å². The summed E-state index contributed by atoms with van der Waals surface area (Å²) in [6, 6.07) is 3.66. The van der Waals surface area contributed by atoms with Crippen LogP contribution in [0.15, 0.2) is 18.2 Å². The molecule has 3 fully saturated rings. The fourth-order valence-electron chi connectivity index (χ4n) is 5.12. The maximum absolute atomic E-state index is 13.5. The normalized spacial score (nSPS) is 32.0. The van der Waals surface area contributed by atoms with Crippen molar-refractivity contribution >= 4 is 29.9 Å². The van der Waals surface area contributed by atoms with E-state index >= 15 is 0 Å². The van der Waals surface area contributed by atoms with E-state index < -0.39 is 17.6 Å². The highest BCUT2D eigenvalue weighted by Crippen LogP contribution is 2.40. The molecule has 3 N–H and O–H groups in total. The molecule has 4 rings (SSSR count). The lowest BCUT2D eigenvalue weighted by atomic mass is 9.67. The zero-order valence-corrected chi connectivity index (χ0v) is 16.4. The number of amides is 2. The first-order valence-electron chi connectivity index (χ1n) is 9.76. The van der Waals surface area contributed by atoms with Crippen molar-refractivity contribution in [3.8, 4) is 0 Å². The number of fused-ring (bicyclic) bond motifs is 2. The third kappa shape index (κ3) is 3.87. The van der Waals surface area contributed by atoms with Gasteiger partial charge in [-0.05, 0) is 56.1 Å². The summed E-state index contributed by atoms with van der Waals surface area (Å²) >= 11 is 0. The lowest BCUT2D eigenvalue weighted by Crippen LogP contribution is -2.55. The number of carbonyl (C=O) groups is 2. The Bertz CT molecular complexity index is 749. The monoisotopic (exact) mass is 413 g/mol. The van der Waals surface area contributed by atoms with E-state index in [2.05, 4.69) is 5.32 Å². The van der Waals surface area contributed by atoms with Crippen molar-refractivity contribution in [3.05, 3.63) is 29.8 Å². The van der Waals surface area contributed by atoms with Gasteiger partial charge in [0.15, 0.2) is 11.6 Å². The molecule has 1 aromatic rings. The highest BCUT2D eigenvalue weighted by Gasteiger charge is 2.43. The second kappa shape index (κ2) is 8.33. The standard InChI is InChI=1S/C20H25F2N3O2.ClH/c21-16-5-4-14(10-17(16)22)25-7-6-15(20(25)27)19(26)24-18-11-2-1-3-12(18)9-13(23)8-11;/h4-5,10-13,15,18H,1-3,6-9,23H2,(H,24,26);1H. The summed E-state index contributed by atoms with van der Waals surface area (Å²) < 4.78 is 26.6. The number of nitrogens with two attached hydrogens (primary N) is 1.